The number of aryl methyl sites for hydroxylation is 1. The molecule has 0 fully saturated rings. The Kier molecular flexibility index (Phi) is 9.02. The molecule has 12 heteroatoms. The first-order valence-corrected chi connectivity index (χ1v) is 12.4. The molecule has 0 atom stereocenters. The predicted octanol–water partition coefficient (Wildman–Crippen LogP) is 5.03. The quantitative estimate of drug-likeness (QED) is 0.273. The predicted molar refractivity (Wildman–Crippen MR) is 143 cm³/mol. The van der Waals surface area contributed by atoms with Crippen molar-refractivity contribution < 1.29 is 32.6 Å². The Balaban J connectivity index is 0.000000493. The average molecular weight is 566 g/mol. The van der Waals surface area contributed by atoms with Crippen LogP contribution in [0.25, 0.3) is 5.65 Å². The summed E-state index contributed by atoms with van der Waals surface area (Å²) in [5, 5.41) is 10.2. The molecule has 212 valence electrons. The molecule has 0 saturated heterocycles. The Morgan fingerprint density at radius 1 is 1.00 bits per heavy atom. The molecule has 3 heterocycles. The van der Waals surface area contributed by atoms with E-state index in [1.165, 1.54) is 0 Å². The van der Waals surface area contributed by atoms with E-state index in [2.05, 4.69) is 21.4 Å². The highest BCUT2D eigenvalue weighted by Gasteiger charge is 2.38. The minimum absolute atomic E-state index is 0.182. The zero-order valence-electron chi connectivity index (χ0n) is 21.9. The SMILES string of the molecule is Cc1cccn2cc(COc3ccccc3C(=O)NCc3ccccc3Cn3ccnc3)nc12.O=C(O)C(F)(F)F. The van der Waals surface area contributed by atoms with Crippen LogP contribution in [-0.4, -0.2) is 42.1 Å². The molecule has 0 saturated carbocycles. The van der Waals surface area contributed by atoms with Gasteiger partial charge in [0.25, 0.3) is 5.91 Å². The molecule has 0 radical (unpaired) electrons. The van der Waals surface area contributed by atoms with Gasteiger partial charge in [0.05, 0.1) is 17.6 Å². The third kappa shape index (κ3) is 7.72. The van der Waals surface area contributed by atoms with Gasteiger partial charge in [0.1, 0.15) is 18.0 Å². The molecule has 0 spiro atoms. The number of carboxylic acid groups (broad SMARTS) is 1. The van der Waals surface area contributed by atoms with E-state index in [1.807, 2.05) is 83.0 Å². The van der Waals surface area contributed by atoms with Crippen LogP contribution in [0.3, 0.4) is 0 Å². The molecule has 0 unspecified atom stereocenters. The van der Waals surface area contributed by atoms with Gasteiger partial charge in [-0.05, 0) is 41.8 Å². The number of amides is 1. The van der Waals surface area contributed by atoms with Crippen molar-refractivity contribution in [2.24, 2.45) is 0 Å². The van der Waals surface area contributed by atoms with Crippen molar-refractivity contribution in [3.63, 3.8) is 0 Å². The number of carboxylic acids is 1. The first-order valence-electron chi connectivity index (χ1n) is 12.4. The van der Waals surface area contributed by atoms with Gasteiger partial charge in [0.15, 0.2) is 0 Å². The van der Waals surface area contributed by atoms with Crippen molar-refractivity contribution in [1.82, 2.24) is 24.3 Å². The Hall–Kier alpha value is -5.13. The van der Waals surface area contributed by atoms with E-state index in [1.54, 1.807) is 18.6 Å². The Morgan fingerprint density at radius 2 is 1.71 bits per heavy atom. The third-order valence-electron chi connectivity index (χ3n) is 5.95. The molecule has 0 aliphatic carbocycles. The van der Waals surface area contributed by atoms with Crippen molar-refractivity contribution in [3.05, 3.63) is 120 Å². The molecule has 0 aliphatic rings. The molecule has 5 rings (SSSR count). The van der Waals surface area contributed by atoms with Crippen LogP contribution in [0.5, 0.6) is 5.75 Å². The highest BCUT2D eigenvalue weighted by Crippen LogP contribution is 2.20. The monoisotopic (exact) mass is 565 g/mol. The van der Waals surface area contributed by atoms with Gasteiger partial charge in [0.2, 0.25) is 0 Å². The first kappa shape index (κ1) is 28.9. The Morgan fingerprint density at radius 3 is 2.39 bits per heavy atom. The fourth-order valence-corrected chi connectivity index (χ4v) is 3.94. The van der Waals surface area contributed by atoms with Gasteiger partial charge in [-0.1, -0.05) is 42.5 Å². The summed E-state index contributed by atoms with van der Waals surface area (Å²) in [6, 6.07) is 19.4. The number of ether oxygens (including phenoxy) is 1. The van der Waals surface area contributed by atoms with Crippen LogP contribution >= 0.6 is 0 Å². The molecule has 0 bridgehead atoms. The number of fused-ring (bicyclic) bond motifs is 1. The van der Waals surface area contributed by atoms with Gasteiger partial charge in [0, 0.05) is 37.9 Å². The standard InChI is InChI=1S/C27H25N5O2.C2HF3O2/c1-20-7-6-13-32-17-23(30-26(20)32)18-34-25-11-5-4-10-24(25)27(33)29-15-21-8-2-3-9-22(21)16-31-14-12-28-19-31;3-2(4,5)1(6)7/h2-14,17,19H,15-16,18H2,1H3,(H,29,33);(H,6,7). The van der Waals surface area contributed by atoms with E-state index in [0.29, 0.717) is 24.4 Å². The zero-order chi connectivity index (χ0) is 29.4. The van der Waals surface area contributed by atoms with Gasteiger partial charge < -0.3 is 24.1 Å². The average Bonchev–Trinajstić information content (AvgIpc) is 3.62. The molecule has 0 aliphatic heterocycles. The van der Waals surface area contributed by atoms with E-state index < -0.39 is 12.1 Å². The summed E-state index contributed by atoms with van der Waals surface area (Å²) in [4.78, 5) is 30.7. The number of benzene rings is 2. The van der Waals surface area contributed by atoms with E-state index in [4.69, 9.17) is 14.6 Å². The van der Waals surface area contributed by atoms with E-state index in [-0.39, 0.29) is 12.5 Å². The zero-order valence-corrected chi connectivity index (χ0v) is 21.9. The number of nitrogens with zero attached hydrogens (tertiary/aromatic N) is 4. The number of hydrogen-bond acceptors (Lipinski definition) is 5. The van der Waals surface area contributed by atoms with Gasteiger partial charge in [-0.2, -0.15) is 13.2 Å². The number of aromatic nitrogens is 4. The summed E-state index contributed by atoms with van der Waals surface area (Å²) in [5.41, 5.74) is 5.49. The number of nitrogens with one attached hydrogen (secondary N) is 1. The minimum Gasteiger partial charge on any atom is -0.486 e. The second kappa shape index (κ2) is 12.8. The van der Waals surface area contributed by atoms with Crippen LogP contribution in [0, 0.1) is 6.92 Å². The fraction of sp³-hybridized carbons (Fsp3) is 0.172. The van der Waals surface area contributed by atoms with Gasteiger partial charge >= 0.3 is 12.1 Å². The maximum Gasteiger partial charge on any atom is 0.490 e. The second-order valence-electron chi connectivity index (χ2n) is 8.93. The number of carbonyl (C=O) groups is 2. The molecule has 41 heavy (non-hydrogen) atoms. The molecule has 9 nitrogen and oxygen atoms in total. The molecular weight excluding hydrogens is 539 g/mol. The maximum absolute atomic E-state index is 13.0. The van der Waals surface area contributed by atoms with E-state index in [0.717, 1.165) is 28.0 Å². The number of pyridine rings is 1. The first-order chi connectivity index (χ1) is 19.6. The smallest absolute Gasteiger partial charge is 0.486 e. The molecule has 1 amide bonds. The van der Waals surface area contributed by atoms with E-state index >= 15 is 0 Å². The van der Waals surface area contributed by atoms with Crippen molar-refractivity contribution >= 4 is 17.5 Å². The summed E-state index contributed by atoms with van der Waals surface area (Å²) in [5.74, 6) is -2.41. The van der Waals surface area contributed by atoms with Crippen molar-refractivity contribution in [2.75, 3.05) is 0 Å². The molecule has 5 aromatic rings. The number of hydrogen-bond donors (Lipinski definition) is 2. The summed E-state index contributed by atoms with van der Waals surface area (Å²) in [6.45, 7) is 3.42. The highest BCUT2D eigenvalue weighted by molar-refractivity contribution is 5.96. The third-order valence-corrected chi connectivity index (χ3v) is 5.95. The molecular formula is C29H26F3N5O4. The van der Waals surface area contributed by atoms with Crippen molar-refractivity contribution in [3.8, 4) is 5.75 Å². The van der Waals surface area contributed by atoms with Crippen LogP contribution < -0.4 is 10.1 Å². The van der Waals surface area contributed by atoms with E-state index in [9.17, 15) is 18.0 Å². The second-order valence-corrected chi connectivity index (χ2v) is 8.93. The maximum atomic E-state index is 13.0. The molecule has 2 aromatic carbocycles. The number of halogens is 3. The molecule has 3 aromatic heterocycles. The lowest BCUT2D eigenvalue weighted by Crippen LogP contribution is -2.24. The minimum atomic E-state index is -5.08. The number of rotatable bonds is 8. The van der Waals surface area contributed by atoms with Gasteiger partial charge in [-0.3, -0.25) is 4.79 Å². The van der Waals surface area contributed by atoms with Crippen LogP contribution in [0.2, 0.25) is 0 Å². The fourth-order valence-electron chi connectivity index (χ4n) is 3.94. The lowest BCUT2D eigenvalue weighted by atomic mass is 10.1. The Bertz CT molecular complexity index is 1630. The summed E-state index contributed by atoms with van der Waals surface area (Å²) >= 11 is 0. The lowest BCUT2D eigenvalue weighted by Gasteiger charge is -2.13. The van der Waals surface area contributed by atoms with Crippen LogP contribution in [0.4, 0.5) is 13.2 Å². The highest BCUT2D eigenvalue weighted by atomic mass is 19.4. The topological polar surface area (TPSA) is 111 Å². The Labute approximate surface area is 232 Å². The van der Waals surface area contributed by atoms with Crippen molar-refractivity contribution in [2.45, 2.75) is 32.8 Å². The number of alkyl halides is 3. The summed E-state index contributed by atoms with van der Waals surface area (Å²) in [7, 11) is 0. The van der Waals surface area contributed by atoms with Crippen LogP contribution in [0.1, 0.15) is 32.7 Å². The summed E-state index contributed by atoms with van der Waals surface area (Å²) < 4.78 is 41.7. The van der Waals surface area contributed by atoms with Gasteiger partial charge in [-0.25, -0.2) is 14.8 Å². The van der Waals surface area contributed by atoms with Crippen LogP contribution in [0.15, 0.2) is 91.8 Å². The number of carbonyl (C=O) groups excluding carboxylic acids is 1. The molecule has 2 N–H and O–H groups in total. The summed E-state index contributed by atoms with van der Waals surface area (Å²) in [6.07, 6.45) is 4.29. The van der Waals surface area contributed by atoms with Crippen molar-refractivity contribution in [1.29, 1.82) is 0 Å². The number of para-hydroxylation sites is 1. The van der Waals surface area contributed by atoms with Crippen LogP contribution in [-0.2, 0) is 24.5 Å². The number of imidazole rings is 2. The number of aliphatic carboxylic acids is 1. The van der Waals surface area contributed by atoms with Gasteiger partial charge in [-0.15, -0.1) is 0 Å². The largest absolute Gasteiger partial charge is 0.490 e. The lowest BCUT2D eigenvalue weighted by molar-refractivity contribution is -0.192. The normalized spacial score (nSPS) is 11.0.